The van der Waals surface area contributed by atoms with E-state index in [-0.39, 0.29) is 11.6 Å². The maximum Gasteiger partial charge on any atom is 0.312 e. The molecule has 2 aromatic heterocycles. The molecule has 168 valence electrons. The molecule has 0 unspecified atom stereocenters. The van der Waals surface area contributed by atoms with Gasteiger partial charge in [0.05, 0.1) is 17.2 Å². The molecule has 9 nitrogen and oxygen atoms in total. The van der Waals surface area contributed by atoms with E-state index in [1.165, 1.54) is 30.6 Å². The molecule has 0 atom stereocenters. The predicted molar refractivity (Wildman–Crippen MR) is 123 cm³/mol. The predicted octanol–water partition coefficient (Wildman–Crippen LogP) is 4.15. The third-order valence-electron chi connectivity index (χ3n) is 5.68. The smallest absolute Gasteiger partial charge is 0.298 e. The lowest BCUT2D eigenvalue weighted by Crippen LogP contribution is -2.29. The average Bonchev–Trinajstić information content (AvgIpc) is 3.32. The monoisotopic (exact) mass is 454 g/mol. The number of nitro groups is 1. The number of hydrogen-bond donors (Lipinski definition) is 1. The fourth-order valence-corrected chi connectivity index (χ4v) is 4.69. The van der Waals surface area contributed by atoms with E-state index in [2.05, 4.69) is 20.3 Å². The van der Waals surface area contributed by atoms with Crippen molar-refractivity contribution in [1.29, 1.82) is 0 Å². The minimum absolute atomic E-state index is 0.0455. The van der Waals surface area contributed by atoms with Crippen molar-refractivity contribution in [3.8, 4) is 0 Å². The number of thiazole rings is 1. The normalized spacial score (nSPS) is 14.4. The largest absolute Gasteiger partial charge is 0.312 e. The molecular formula is C22H26N6O3S. The minimum atomic E-state index is -0.405. The standard InChI is InChI=1S/C22H26N6O3S/c1-15-20(28(30)31)16(2)27(25-15)12-17-6-8-18(9-7-17)21(29)24-22-23-19(14-32-22)13-26-10-4-3-5-11-26/h6-9,14H,3-5,10-13H2,1-2H3,(H,23,24,29). The Kier molecular flexibility index (Phi) is 6.61. The number of piperidine rings is 1. The highest BCUT2D eigenvalue weighted by Crippen LogP contribution is 2.23. The number of carbonyl (C=O) groups excluding carboxylic acids is 1. The van der Waals surface area contributed by atoms with Gasteiger partial charge in [-0.2, -0.15) is 5.10 Å². The summed E-state index contributed by atoms with van der Waals surface area (Å²) >= 11 is 1.44. The first-order valence-corrected chi connectivity index (χ1v) is 11.5. The molecular weight excluding hydrogens is 428 g/mol. The second kappa shape index (κ2) is 9.58. The summed E-state index contributed by atoms with van der Waals surface area (Å²) in [6.07, 6.45) is 3.77. The van der Waals surface area contributed by atoms with Crippen molar-refractivity contribution in [2.45, 2.75) is 46.2 Å². The molecule has 0 bridgehead atoms. The van der Waals surface area contributed by atoms with E-state index in [1.54, 1.807) is 30.7 Å². The van der Waals surface area contributed by atoms with Gasteiger partial charge in [0.25, 0.3) is 5.91 Å². The Hall–Kier alpha value is -3.11. The zero-order valence-corrected chi connectivity index (χ0v) is 19.0. The highest BCUT2D eigenvalue weighted by molar-refractivity contribution is 7.13. The number of aromatic nitrogens is 3. The number of benzene rings is 1. The number of aryl methyl sites for hydroxylation is 1. The molecule has 0 saturated carbocycles. The number of nitrogens with zero attached hydrogens (tertiary/aromatic N) is 5. The maximum absolute atomic E-state index is 12.6. The molecule has 1 amide bonds. The fourth-order valence-electron chi connectivity index (χ4n) is 3.99. The Morgan fingerprint density at radius 1 is 1.16 bits per heavy atom. The average molecular weight is 455 g/mol. The molecule has 1 aliphatic rings. The molecule has 1 aromatic carbocycles. The molecule has 1 aliphatic heterocycles. The van der Waals surface area contributed by atoms with Gasteiger partial charge >= 0.3 is 5.69 Å². The second-order valence-corrected chi connectivity index (χ2v) is 8.92. The van der Waals surface area contributed by atoms with Crippen molar-refractivity contribution >= 4 is 28.1 Å². The first-order chi connectivity index (χ1) is 15.4. The number of anilines is 1. The minimum Gasteiger partial charge on any atom is -0.298 e. The molecule has 1 fully saturated rings. The molecule has 4 rings (SSSR count). The fraction of sp³-hybridized carbons (Fsp3) is 0.409. The van der Waals surface area contributed by atoms with E-state index < -0.39 is 4.92 Å². The lowest BCUT2D eigenvalue weighted by atomic mass is 10.1. The van der Waals surface area contributed by atoms with E-state index in [0.29, 0.717) is 28.6 Å². The van der Waals surface area contributed by atoms with E-state index in [4.69, 9.17) is 0 Å². The van der Waals surface area contributed by atoms with E-state index in [1.807, 2.05) is 17.5 Å². The van der Waals surface area contributed by atoms with E-state index in [9.17, 15) is 14.9 Å². The van der Waals surface area contributed by atoms with Crippen LogP contribution in [0.25, 0.3) is 0 Å². The van der Waals surface area contributed by atoms with Gasteiger partial charge in [-0.25, -0.2) is 4.98 Å². The third-order valence-corrected chi connectivity index (χ3v) is 6.49. The van der Waals surface area contributed by atoms with Gasteiger partial charge < -0.3 is 0 Å². The van der Waals surface area contributed by atoms with Crippen LogP contribution in [-0.4, -0.2) is 43.6 Å². The molecule has 0 radical (unpaired) electrons. The van der Waals surface area contributed by atoms with Crippen molar-refractivity contribution < 1.29 is 9.72 Å². The van der Waals surface area contributed by atoms with Gasteiger partial charge in [-0.1, -0.05) is 18.6 Å². The van der Waals surface area contributed by atoms with Crippen LogP contribution in [0.1, 0.15) is 52.3 Å². The van der Waals surface area contributed by atoms with Crippen LogP contribution in [-0.2, 0) is 13.1 Å². The lowest BCUT2D eigenvalue weighted by Gasteiger charge is -2.25. The summed E-state index contributed by atoms with van der Waals surface area (Å²) in [5.41, 5.74) is 3.37. The van der Waals surface area contributed by atoms with Gasteiger partial charge in [0.2, 0.25) is 0 Å². The molecule has 32 heavy (non-hydrogen) atoms. The summed E-state index contributed by atoms with van der Waals surface area (Å²) in [7, 11) is 0. The molecule has 0 aliphatic carbocycles. The number of nitrogens with one attached hydrogen (secondary N) is 1. The molecule has 3 aromatic rings. The summed E-state index contributed by atoms with van der Waals surface area (Å²) in [4.78, 5) is 30.3. The Balaban J connectivity index is 1.36. The lowest BCUT2D eigenvalue weighted by molar-refractivity contribution is -0.386. The number of hydrogen-bond acceptors (Lipinski definition) is 7. The van der Waals surface area contributed by atoms with Crippen molar-refractivity contribution in [2.24, 2.45) is 0 Å². The van der Waals surface area contributed by atoms with Gasteiger partial charge in [0.15, 0.2) is 5.13 Å². The van der Waals surface area contributed by atoms with Crippen molar-refractivity contribution in [3.63, 3.8) is 0 Å². The van der Waals surface area contributed by atoms with Crippen LogP contribution in [0.5, 0.6) is 0 Å². The zero-order valence-electron chi connectivity index (χ0n) is 18.2. The number of carbonyl (C=O) groups is 1. The van der Waals surface area contributed by atoms with Crippen LogP contribution in [0.15, 0.2) is 29.6 Å². The summed E-state index contributed by atoms with van der Waals surface area (Å²) < 4.78 is 1.61. The Morgan fingerprint density at radius 2 is 1.88 bits per heavy atom. The second-order valence-electron chi connectivity index (χ2n) is 8.07. The Morgan fingerprint density at radius 3 is 2.53 bits per heavy atom. The van der Waals surface area contributed by atoms with Gasteiger partial charge in [0, 0.05) is 17.5 Å². The first kappa shape index (κ1) is 22.1. The topological polar surface area (TPSA) is 106 Å². The Labute approximate surface area is 190 Å². The van der Waals surface area contributed by atoms with Crippen LogP contribution in [0.2, 0.25) is 0 Å². The zero-order chi connectivity index (χ0) is 22.7. The third kappa shape index (κ3) is 5.03. The maximum atomic E-state index is 12.6. The quantitative estimate of drug-likeness (QED) is 0.425. The molecule has 1 saturated heterocycles. The summed E-state index contributed by atoms with van der Waals surface area (Å²) in [6.45, 7) is 6.76. The summed E-state index contributed by atoms with van der Waals surface area (Å²) in [5.74, 6) is -0.211. The van der Waals surface area contributed by atoms with E-state index in [0.717, 1.165) is 30.9 Å². The van der Waals surface area contributed by atoms with Crippen molar-refractivity contribution in [3.05, 3.63) is 68.0 Å². The van der Waals surface area contributed by atoms with E-state index >= 15 is 0 Å². The number of rotatable bonds is 7. The molecule has 0 spiro atoms. The van der Waals surface area contributed by atoms with Crippen LogP contribution in [0.3, 0.4) is 0 Å². The summed E-state index contributed by atoms with van der Waals surface area (Å²) in [5, 5.41) is 20.9. The van der Waals surface area contributed by atoms with Gasteiger partial charge in [-0.15, -0.1) is 11.3 Å². The SMILES string of the molecule is Cc1nn(Cc2ccc(C(=O)Nc3nc(CN4CCCCC4)cs3)cc2)c(C)c1[N+](=O)[O-]. The van der Waals surface area contributed by atoms with Gasteiger partial charge in [0.1, 0.15) is 11.4 Å². The van der Waals surface area contributed by atoms with Crippen LogP contribution in [0, 0.1) is 24.0 Å². The highest BCUT2D eigenvalue weighted by Gasteiger charge is 2.21. The molecule has 3 heterocycles. The first-order valence-electron chi connectivity index (χ1n) is 10.7. The highest BCUT2D eigenvalue weighted by atomic mass is 32.1. The molecule has 10 heteroatoms. The van der Waals surface area contributed by atoms with Gasteiger partial charge in [-0.3, -0.25) is 29.8 Å². The Bertz CT molecular complexity index is 1120. The van der Waals surface area contributed by atoms with Crippen LogP contribution in [0.4, 0.5) is 10.8 Å². The molecule has 1 N–H and O–H groups in total. The van der Waals surface area contributed by atoms with Gasteiger partial charge in [-0.05, 0) is 57.5 Å². The van der Waals surface area contributed by atoms with Crippen molar-refractivity contribution in [2.75, 3.05) is 18.4 Å². The number of amides is 1. The number of likely N-dealkylation sites (tertiary alicyclic amines) is 1. The van der Waals surface area contributed by atoms with Crippen LogP contribution < -0.4 is 5.32 Å². The van der Waals surface area contributed by atoms with Crippen LogP contribution >= 0.6 is 11.3 Å². The van der Waals surface area contributed by atoms with Crippen molar-refractivity contribution in [1.82, 2.24) is 19.7 Å². The summed E-state index contributed by atoms with van der Waals surface area (Å²) in [6, 6.07) is 7.15.